The predicted octanol–water partition coefficient (Wildman–Crippen LogP) is -7.07. The van der Waals surface area contributed by atoms with Crippen molar-refractivity contribution in [3.63, 3.8) is 0 Å². The van der Waals surface area contributed by atoms with E-state index in [4.69, 9.17) is 38.3 Å². The molecule has 32 nitrogen and oxygen atoms in total. The summed E-state index contributed by atoms with van der Waals surface area (Å²) in [6.45, 7) is -2.15. The van der Waals surface area contributed by atoms with Crippen LogP contribution in [-0.2, 0) is 57.4 Å². The molecule has 10 amide bonds. The zero-order chi connectivity index (χ0) is 63.5. The minimum atomic E-state index is -2.04. The molecule has 0 radical (unpaired) electrons. The van der Waals surface area contributed by atoms with Gasteiger partial charge in [0.15, 0.2) is 6.29 Å². The van der Waals surface area contributed by atoms with Gasteiger partial charge in [-0.25, -0.2) is 0 Å². The van der Waals surface area contributed by atoms with Crippen LogP contribution in [0.2, 0.25) is 5.02 Å². The second kappa shape index (κ2) is 37.2. The molecule has 0 aliphatic carbocycles. The number of halogens is 1. The van der Waals surface area contributed by atoms with Crippen molar-refractivity contribution in [3.8, 4) is 5.75 Å². The number of ether oxygens (including phenoxy) is 2. The highest BCUT2D eigenvalue weighted by molar-refractivity contribution is 6.32. The Morgan fingerprint density at radius 2 is 1.24 bits per heavy atom. The number of rotatable bonds is 24. The molecule has 1 aromatic carbocycles. The first-order valence-electron chi connectivity index (χ1n) is 27.9. The van der Waals surface area contributed by atoms with Crippen LogP contribution in [0, 0.1) is 0 Å². The van der Waals surface area contributed by atoms with E-state index in [9.17, 15) is 93.9 Å². The number of nitrogens with one attached hydrogen (secondary N) is 8. The van der Waals surface area contributed by atoms with E-state index in [1.54, 1.807) is 0 Å². The summed E-state index contributed by atoms with van der Waals surface area (Å²) in [5.74, 6) is -12.6. The van der Waals surface area contributed by atoms with E-state index in [1.807, 2.05) is 0 Å². The fourth-order valence-corrected chi connectivity index (χ4v) is 9.22. The number of benzene rings is 1. The minimum Gasteiger partial charge on any atom is -0.506 e. The van der Waals surface area contributed by atoms with Crippen molar-refractivity contribution >= 4 is 70.7 Å². The van der Waals surface area contributed by atoms with Crippen LogP contribution in [-0.4, -0.2) is 223 Å². The number of hydrogen-bond donors (Lipinski definition) is 20. The number of hydrogen-bond acceptors (Lipinski definition) is 22. The number of amides is 10. The molecule has 1 aromatic rings. The zero-order valence-electron chi connectivity index (χ0n) is 47.1. The summed E-state index contributed by atoms with van der Waals surface area (Å²) in [6, 6.07) is -9.82. The molecule has 0 bridgehead atoms. The number of phenolic OH excluding ortho intramolecular Hbond substituents is 1. The number of aliphatic hydroxyl groups excluding tert-OH is 8. The average molecular weight is 1230 g/mol. The lowest BCUT2D eigenvalue weighted by atomic mass is 9.94. The van der Waals surface area contributed by atoms with Crippen LogP contribution in [0.3, 0.4) is 0 Å². The van der Waals surface area contributed by atoms with Gasteiger partial charge in [0.1, 0.15) is 66.5 Å². The van der Waals surface area contributed by atoms with Gasteiger partial charge in [0.05, 0.1) is 62.5 Å². The Labute approximate surface area is 494 Å². The van der Waals surface area contributed by atoms with Crippen molar-refractivity contribution < 1.29 is 103 Å². The first-order chi connectivity index (χ1) is 40.2. The Bertz CT molecular complexity index is 2400. The standard InChI is InChI=1S/C52H84ClN11O21/c1-2-3-4-5-6-7-8-9-10-11-36(85-52-45(77)44(76)35(69)24-84-52)43(75)34(68)17-26-18-39(72)61-31(22-65)50(82)64-41(42(74)25-12-13-33(67)27(53)16-25)51(83)57-15-14-28(54)46(78)58-21-40(73)60-29(19-37(55)70)48(80)63-32(23-66)49(81)62-30(20-38(56)71)47(79)59-26/h12-13,16,26,28-32,34-36,41-45,52,65-69,74-77H,2-11,14-15,17-24,54H2,1H3,(H2,55,70)(H2,56,71)(H,57,83)(H,58,78)(H,59,79)(H,60,73)(H,61,72)(H,62,81)(H,63,80)(H,64,82)/t26?,28?,29?,30?,31-,32-,34?,35+,36?,41?,42?,43?,44-,45+,52-/m0/s1. The summed E-state index contributed by atoms with van der Waals surface area (Å²) in [5.41, 5.74) is 16.6. The number of carbonyl (C=O) groups is 10. The van der Waals surface area contributed by atoms with Crippen LogP contribution in [0.15, 0.2) is 18.2 Å². The SMILES string of the molecule is CCCCCCCCCCCC(O[C@@H]1OC[C@@H](O)[C@H](O)[C@H]1O)C(O)C(O)CC1CC(=O)N[C@@H](CO)C(=O)NC(C(O)c2ccc(O)c(Cl)c2)C(=O)NCCC(N)C(=O)NCC(=O)NC(CC(N)=O)C(=O)N[C@@H](CO)C(=O)NC(CC(N)=O)C(=O)N1. The lowest BCUT2D eigenvalue weighted by Crippen LogP contribution is -2.60. The number of primary amides is 2. The number of aliphatic hydroxyl groups is 8. The molecular formula is C52H84ClN11O21. The molecule has 2 heterocycles. The highest BCUT2D eigenvalue weighted by atomic mass is 35.5. The molecule has 0 saturated carbocycles. The Morgan fingerprint density at radius 3 is 1.84 bits per heavy atom. The van der Waals surface area contributed by atoms with Gasteiger partial charge >= 0.3 is 0 Å². The number of phenols is 1. The van der Waals surface area contributed by atoms with Crippen molar-refractivity contribution in [1.82, 2.24) is 42.5 Å². The zero-order valence-corrected chi connectivity index (χ0v) is 47.8. The molecule has 2 aliphatic rings. The third-order valence-electron chi connectivity index (χ3n) is 13.9. The van der Waals surface area contributed by atoms with Gasteiger partial charge in [-0.2, -0.15) is 0 Å². The number of unbranched alkanes of at least 4 members (excludes halogenated alkanes) is 8. The van der Waals surface area contributed by atoms with E-state index in [1.165, 1.54) is 0 Å². The minimum absolute atomic E-state index is 0.00701. The largest absolute Gasteiger partial charge is 0.506 e. The molecule has 2 aliphatic heterocycles. The Morgan fingerprint density at radius 1 is 0.694 bits per heavy atom. The van der Waals surface area contributed by atoms with Crippen molar-refractivity contribution in [2.45, 2.75) is 195 Å². The van der Waals surface area contributed by atoms with Crippen LogP contribution >= 0.6 is 11.6 Å². The first-order valence-corrected chi connectivity index (χ1v) is 28.3. The molecular weight excluding hydrogens is 1150 g/mol. The summed E-state index contributed by atoms with van der Waals surface area (Å²) >= 11 is 6.06. The van der Waals surface area contributed by atoms with Crippen LogP contribution in [0.25, 0.3) is 0 Å². The normalized spacial score (nSPS) is 27.4. The van der Waals surface area contributed by atoms with Crippen molar-refractivity contribution in [2.24, 2.45) is 17.2 Å². The van der Waals surface area contributed by atoms with Crippen molar-refractivity contribution in [2.75, 3.05) is 32.9 Å². The lowest BCUT2D eigenvalue weighted by Gasteiger charge is -2.38. The van der Waals surface area contributed by atoms with Gasteiger partial charge in [-0.1, -0.05) is 82.4 Å². The summed E-state index contributed by atoms with van der Waals surface area (Å²) in [7, 11) is 0. The highest BCUT2D eigenvalue weighted by Crippen LogP contribution is 2.29. The fourth-order valence-electron chi connectivity index (χ4n) is 9.03. The maximum Gasteiger partial charge on any atom is 0.245 e. The van der Waals surface area contributed by atoms with E-state index in [2.05, 4.69) is 49.5 Å². The maximum absolute atomic E-state index is 14.2. The molecule has 480 valence electrons. The van der Waals surface area contributed by atoms with Crippen LogP contribution in [0.4, 0.5) is 0 Å². The molecule has 15 atom stereocenters. The Kier molecular flexibility index (Phi) is 31.9. The van der Waals surface area contributed by atoms with Gasteiger partial charge in [0.25, 0.3) is 0 Å². The molecule has 23 N–H and O–H groups in total. The predicted molar refractivity (Wildman–Crippen MR) is 296 cm³/mol. The van der Waals surface area contributed by atoms with Gasteiger partial charge in [-0.05, 0) is 37.0 Å². The molecule has 2 fully saturated rings. The van der Waals surface area contributed by atoms with E-state index >= 15 is 0 Å². The van der Waals surface area contributed by atoms with E-state index in [0.29, 0.717) is 12.8 Å². The molecule has 33 heteroatoms. The van der Waals surface area contributed by atoms with Crippen LogP contribution in [0.1, 0.15) is 115 Å². The topological polar surface area (TPSA) is 546 Å². The van der Waals surface area contributed by atoms with E-state index in [-0.39, 0.29) is 23.4 Å². The van der Waals surface area contributed by atoms with Gasteiger partial charge in [0, 0.05) is 19.0 Å². The van der Waals surface area contributed by atoms with E-state index in [0.717, 1.165) is 63.1 Å². The molecule has 3 rings (SSSR count). The monoisotopic (exact) mass is 1230 g/mol. The summed E-state index contributed by atoms with van der Waals surface area (Å²) in [4.78, 5) is 133. The molecule has 0 aromatic heterocycles. The Balaban J connectivity index is 2.10. The number of nitrogens with two attached hydrogens (primary N) is 3. The van der Waals surface area contributed by atoms with Crippen LogP contribution in [0.5, 0.6) is 5.75 Å². The third-order valence-corrected chi connectivity index (χ3v) is 14.2. The molecule has 0 spiro atoms. The number of aromatic hydroxyl groups is 1. The average Bonchev–Trinajstić information content (AvgIpc) is 3.61. The second-order valence-corrected chi connectivity index (χ2v) is 21.3. The summed E-state index contributed by atoms with van der Waals surface area (Å²) < 4.78 is 11.4. The van der Waals surface area contributed by atoms with Crippen molar-refractivity contribution in [1.29, 1.82) is 0 Å². The van der Waals surface area contributed by atoms with Gasteiger partial charge in [0.2, 0.25) is 59.1 Å². The van der Waals surface area contributed by atoms with Gasteiger partial charge in [-0.3, -0.25) is 47.9 Å². The summed E-state index contributed by atoms with van der Waals surface area (Å²) in [5, 5.41) is 114. The molecule has 2 saturated heterocycles. The molecule has 9 unspecified atom stereocenters. The highest BCUT2D eigenvalue weighted by Gasteiger charge is 2.42. The summed E-state index contributed by atoms with van der Waals surface area (Å²) in [6.07, 6.45) is -10.3. The molecule has 85 heavy (non-hydrogen) atoms. The quantitative estimate of drug-likeness (QED) is 0.0428. The van der Waals surface area contributed by atoms with Gasteiger partial charge < -0.3 is 115 Å². The van der Waals surface area contributed by atoms with E-state index < -0.39 is 215 Å². The van der Waals surface area contributed by atoms with Crippen molar-refractivity contribution in [3.05, 3.63) is 28.8 Å². The fraction of sp³-hybridized carbons (Fsp3) is 0.692. The maximum atomic E-state index is 14.2. The smallest absolute Gasteiger partial charge is 0.245 e. The lowest BCUT2D eigenvalue weighted by molar-refractivity contribution is -0.293. The second-order valence-electron chi connectivity index (χ2n) is 20.9. The van der Waals surface area contributed by atoms with Gasteiger partial charge in [-0.15, -0.1) is 0 Å². The first kappa shape index (κ1) is 72.8. The third kappa shape index (κ3) is 24.8. The Hall–Kier alpha value is -6.43. The number of carbonyl (C=O) groups excluding carboxylic acids is 10. The van der Waals surface area contributed by atoms with Crippen LogP contribution < -0.4 is 59.7 Å².